The number of para-hydroxylation sites is 2. The summed E-state index contributed by atoms with van der Waals surface area (Å²) in [5, 5.41) is 10.8. The van der Waals surface area contributed by atoms with Gasteiger partial charge in [-0.2, -0.15) is 0 Å². The van der Waals surface area contributed by atoms with Crippen LogP contribution in [0.5, 0.6) is 5.88 Å². The lowest BCUT2D eigenvalue weighted by atomic mass is 10.1. The summed E-state index contributed by atoms with van der Waals surface area (Å²) in [6.07, 6.45) is 3.83. The molecule has 2 heterocycles. The second-order valence-corrected chi connectivity index (χ2v) is 7.37. The van der Waals surface area contributed by atoms with Gasteiger partial charge in [0.1, 0.15) is 0 Å². The van der Waals surface area contributed by atoms with Crippen molar-refractivity contribution in [2.75, 3.05) is 0 Å². The Hall–Kier alpha value is -2.92. The molecular formula is C21H19N3OS. The van der Waals surface area contributed by atoms with Crippen LogP contribution in [0.3, 0.4) is 0 Å². The number of aromatic hydroxyl groups is 1. The van der Waals surface area contributed by atoms with Gasteiger partial charge in [0.25, 0.3) is 0 Å². The lowest BCUT2D eigenvalue weighted by Gasteiger charge is -2.08. The molecule has 1 N–H and O–H groups in total. The second kappa shape index (κ2) is 6.77. The molecule has 0 bridgehead atoms. The van der Waals surface area contributed by atoms with Crippen LogP contribution in [-0.2, 0) is 0 Å². The molecule has 4 rings (SSSR count). The summed E-state index contributed by atoms with van der Waals surface area (Å²) in [5.41, 5.74) is 3.91. The third-order valence-electron chi connectivity index (χ3n) is 4.20. The molecule has 130 valence electrons. The Bertz CT molecular complexity index is 1070. The lowest BCUT2D eigenvalue weighted by molar-refractivity contribution is 0.393. The van der Waals surface area contributed by atoms with Gasteiger partial charge in [0, 0.05) is 23.4 Å². The molecule has 0 unspecified atom stereocenters. The molecule has 0 aliphatic carbocycles. The van der Waals surface area contributed by atoms with E-state index in [1.807, 2.05) is 85.3 Å². The maximum atomic E-state index is 10.8. The summed E-state index contributed by atoms with van der Waals surface area (Å²) < 4.78 is 1.86. The Balaban J connectivity index is 1.85. The third kappa shape index (κ3) is 3.02. The number of rotatable bonds is 3. The number of nitrogens with zero attached hydrogens (tertiary/aromatic N) is 3. The molecule has 0 amide bonds. The van der Waals surface area contributed by atoms with Crippen molar-refractivity contribution in [1.29, 1.82) is 0 Å². The van der Waals surface area contributed by atoms with E-state index < -0.39 is 0 Å². The fourth-order valence-corrected chi connectivity index (χ4v) is 4.07. The van der Waals surface area contributed by atoms with E-state index in [9.17, 15) is 5.11 Å². The second-order valence-electron chi connectivity index (χ2n) is 6.36. The molecule has 0 radical (unpaired) electrons. The number of fused-ring (bicyclic) bond motifs is 1. The minimum Gasteiger partial charge on any atom is -0.493 e. The first-order valence-electron chi connectivity index (χ1n) is 8.53. The van der Waals surface area contributed by atoms with Crippen LogP contribution in [0.15, 0.2) is 64.6 Å². The van der Waals surface area contributed by atoms with Gasteiger partial charge in [-0.15, -0.1) is 0 Å². The number of aliphatic imine (C=N–C) groups is 1. The quantitative estimate of drug-likeness (QED) is 0.674. The number of allylic oxidation sites excluding steroid dienone is 1. The van der Waals surface area contributed by atoms with Gasteiger partial charge < -0.3 is 5.11 Å². The van der Waals surface area contributed by atoms with Crippen molar-refractivity contribution in [2.24, 2.45) is 9.98 Å². The molecule has 0 spiro atoms. The van der Waals surface area contributed by atoms with Crippen LogP contribution in [-0.4, -0.2) is 15.9 Å². The highest BCUT2D eigenvalue weighted by molar-refractivity contribution is 7.10. The van der Waals surface area contributed by atoms with Crippen molar-refractivity contribution in [2.45, 2.75) is 19.9 Å². The van der Waals surface area contributed by atoms with Crippen LogP contribution in [0.4, 0.5) is 11.4 Å². The number of hydrogen-bond donors (Lipinski definition) is 1. The first kappa shape index (κ1) is 16.5. The van der Waals surface area contributed by atoms with Gasteiger partial charge in [-0.3, -0.25) is 9.56 Å². The molecule has 1 aliphatic rings. The van der Waals surface area contributed by atoms with Crippen molar-refractivity contribution < 1.29 is 5.11 Å². The predicted molar refractivity (Wildman–Crippen MR) is 108 cm³/mol. The molecule has 1 aromatic heterocycles. The van der Waals surface area contributed by atoms with Crippen molar-refractivity contribution in [1.82, 2.24) is 4.57 Å². The highest BCUT2D eigenvalue weighted by Crippen LogP contribution is 2.35. The minimum absolute atomic E-state index is 0.102. The number of aromatic nitrogens is 1. The Morgan fingerprint density at radius 2 is 1.81 bits per heavy atom. The van der Waals surface area contributed by atoms with E-state index in [1.165, 1.54) is 11.3 Å². The normalized spacial score (nSPS) is 15.2. The molecule has 5 heteroatoms. The average Bonchev–Trinajstić information content (AvgIpc) is 3.18. The average molecular weight is 361 g/mol. The molecule has 0 saturated heterocycles. The summed E-state index contributed by atoms with van der Waals surface area (Å²) in [7, 11) is 0. The molecule has 0 fully saturated rings. The Kier molecular flexibility index (Phi) is 4.31. The Morgan fingerprint density at radius 1 is 1.08 bits per heavy atom. The summed E-state index contributed by atoms with van der Waals surface area (Å²) in [6.45, 7) is 4.08. The summed E-state index contributed by atoms with van der Waals surface area (Å²) in [4.78, 5) is 10.7. The molecule has 0 atom stereocenters. The van der Waals surface area contributed by atoms with E-state index in [0.29, 0.717) is 0 Å². The Morgan fingerprint density at radius 3 is 2.58 bits per heavy atom. The summed E-state index contributed by atoms with van der Waals surface area (Å²) >= 11 is 1.48. The standard InChI is InChI=1S/C21H19N3OS/c1-14(2)24-20(25)19(26-21(24)23-16-8-4-3-5-9-16)12-15-13-22-18-11-7-6-10-17(15)18/h3-14,25H,1-2H3. The lowest BCUT2D eigenvalue weighted by Crippen LogP contribution is -2.16. The largest absolute Gasteiger partial charge is 0.493 e. The zero-order chi connectivity index (χ0) is 18.1. The maximum Gasteiger partial charge on any atom is 0.211 e. The predicted octanol–water partition coefficient (Wildman–Crippen LogP) is 5.33. The summed E-state index contributed by atoms with van der Waals surface area (Å²) in [5.74, 6) is 0.241. The minimum atomic E-state index is 0.102. The fourth-order valence-electron chi connectivity index (χ4n) is 2.95. The highest BCUT2D eigenvalue weighted by Gasteiger charge is 2.17. The van der Waals surface area contributed by atoms with Crippen LogP contribution >= 0.6 is 11.3 Å². The topological polar surface area (TPSA) is 49.9 Å². The monoisotopic (exact) mass is 361 g/mol. The molecule has 1 aliphatic heterocycles. The van der Waals surface area contributed by atoms with Crippen LogP contribution in [0.1, 0.15) is 30.3 Å². The SMILES string of the molecule is CC(C)n1c(O)c(C=C2C=Nc3ccccc32)sc1=Nc1ccccc1. The first-order valence-corrected chi connectivity index (χ1v) is 9.34. The van der Waals surface area contributed by atoms with Crippen LogP contribution in [0.25, 0.3) is 11.6 Å². The van der Waals surface area contributed by atoms with E-state index in [2.05, 4.69) is 4.99 Å². The van der Waals surface area contributed by atoms with E-state index in [4.69, 9.17) is 4.99 Å². The van der Waals surface area contributed by atoms with Crippen molar-refractivity contribution >= 4 is 40.6 Å². The van der Waals surface area contributed by atoms with Gasteiger partial charge in [-0.25, -0.2) is 4.99 Å². The summed E-state index contributed by atoms with van der Waals surface area (Å²) in [6, 6.07) is 17.9. The van der Waals surface area contributed by atoms with Gasteiger partial charge in [-0.05, 0) is 38.1 Å². The number of benzene rings is 2. The van der Waals surface area contributed by atoms with Crippen LogP contribution in [0.2, 0.25) is 0 Å². The number of thiazole rings is 1. The molecule has 2 aromatic carbocycles. The molecule has 4 nitrogen and oxygen atoms in total. The van der Waals surface area contributed by atoms with Crippen LogP contribution in [0, 0.1) is 0 Å². The zero-order valence-electron chi connectivity index (χ0n) is 14.6. The van der Waals surface area contributed by atoms with Gasteiger partial charge in [-0.1, -0.05) is 47.7 Å². The first-order chi connectivity index (χ1) is 12.6. The van der Waals surface area contributed by atoms with E-state index in [1.54, 1.807) is 0 Å². The van der Waals surface area contributed by atoms with Gasteiger partial charge in [0.2, 0.25) is 5.88 Å². The zero-order valence-corrected chi connectivity index (χ0v) is 15.4. The third-order valence-corrected chi connectivity index (χ3v) is 5.19. The van der Waals surface area contributed by atoms with E-state index >= 15 is 0 Å². The van der Waals surface area contributed by atoms with Crippen molar-refractivity contribution in [3.8, 4) is 5.88 Å². The van der Waals surface area contributed by atoms with Gasteiger partial charge in [0.05, 0.1) is 16.3 Å². The molecule has 3 aromatic rings. The van der Waals surface area contributed by atoms with E-state index in [-0.39, 0.29) is 11.9 Å². The molecular weight excluding hydrogens is 342 g/mol. The molecule has 0 saturated carbocycles. The maximum absolute atomic E-state index is 10.8. The van der Waals surface area contributed by atoms with Crippen molar-refractivity contribution in [3.63, 3.8) is 0 Å². The highest BCUT2D eigenvalue weighted by atomic mass is 32.1. The molecule has 26 heavy (non-hydrogen) atoms. The van der Waals surface area contributed by atoms with Crippen molar-refractivity contribution in [3.05, 3.63) is 69.8 Å². The number of hydrogen-bond acceptors (Lipinski definition) is 4. The van der Waals surface area contributed by atoms with Crippen LogP contribution < -0.4 is 4.80 Å². The Labute approximate surface area is 156 Å². The van der Waals surface area contributed by atoms with E-state index in [0.717, 1.165) is 32.2 Å². The van der Waals surface area contributed by atoms with Gasteiger partial charge >= 0.3 is 0 Å². The fraction of sp³-hybridized carbons (Fsp3) is 0.143. The smallest absolute Gasteiger partial charge is 0.211 e. The van der Waals surface area contributed by atoms with Gasteiger partial charge in [0.15, 0.2) is 4.80 Å².